The first-order valence-electron chi connectivity index (χ1n) is 10.4. The molecule has 1 heterocycles. The average Bonchev–Trinajstić information content (AvgIpc) is 3.24. The molecule has 0 saturated carbocycles. The van der Waals surface area contributed by atoms with Crippen LogP contribution in [0, 0.1) is 17.0 Å². The van der Waals surface area contributed by atoms with E-state index in [2.05, 4.69) is 36.4 Å². The quantitative estimate of drug-likeness (QED) is 0.197. The molecule has 0 radical (unpaired) electrons. The monoisotopic (exact) mass is 419 g/mol. The van der Waals surface area contributed by atoms with Crippen LogP contribution in [-0.4, -0.2) is 14.7 Å². The van der Waals surface area contributed by atoms with Crippen molar-refractivity contribution >= 4 is 16.6 Å². The van der Waals surface area contributed by atoms with Crippen molar-refractivity contribution in [2.24, 2.45) is 0 Å². The number of aromatic nitrogens is 2. The Labute approximate surface area is 185 Å². The fourth-order valence-corrected chi connectivity index (χ4v) is 4.55. The van der Waals surface area contributed by atoms with Crippen LogP contribution < -0.4 is 0 Å². The summed E-state index contributed by atoms with van der Waals surface area (Å²) in [6.45, 7) is 1.76. The molecule has 5 aromatic rings. The lowest BCUT2D eigenvalue weighted by Crippen LogP contribution is -2.38. The van der Waals surface area contributed by atoms with Gasteiger partial charge in [-0.05, 0) is 29.7 Å². The topological polar surface area (TPSA) is 61.0 Å². The molecule has 0 aliphatic rings. The zero-order chi connectivity index (χ0) is 22.1. The summed E-state index contributed by atoms with van der Waals surface area (Å²) < 4.78 is 1.93. The zero-order valence-corrected chi connectivity index (χ0v) is 17.6. The Bertz CT molecular complexity index is 1300. The van der Waals surface area contributed by atoms with Crippen molar-refractivity contribution in [3.8, 4) is 0 Å². The summed E-state index contributed by atoms with van der Waals surface area (Å²) in [5.74, 6) is 0. The normalized spacial score (nSPS) is 11.5. The van der Waals surface area contributed by atoms with Crippen LogP contribution in [0.2, 0.25) is 0 Å². The van der Waals surface area contributed by atoms with Gasteiger partial charge in [0.25, 0.3) is 5.69 Å². The minimum atomic E-state index is -0.811. The fraction of sp³-hybridized carbons (Fsp3) is 0.0741. The standard InChI is InChI=1S/C27H21N3O2/c1-20-17-21-19-28-29(26(21)18-25(20)30(31)32)27(22-11-5-2-6-12-22,23-13-7-3-8-14-23)24-15-9-4-10-16-24/h2-19H,1H3. The second kappa shape index (κ2) is 7.78. The maximum atomic E-state index is 11.7. The largest absolute Gasteiger partial charge is 0.274 e. The van der Waals surface area contributed by atoms with E-state index >= 15 is 0 Å². The predicted molar refractivity (Wildman–Crippen MR) is 126 cm³/mol. The van der Waals surface area contributed by atoms with Crippen LogP contribution in [0.1, 0.15) is 22.3 Å². The van der Waals surface area contributed by atoms with E-state index in [-0.39, 0.29) is 10.6 Å². The first kappa shape index (κ1) is 19.7. The SMILES string of the molecule is Cc1cc2cnn(C(c3ccccc3)(c3ccccc3)c3ccccc3)c2cc1[N+](=O)[O-]. The summed E-state index contributed by atoms with van der Waals surface area (Å²) in [5.41, 5.74) is 3.66. The number of nitro benzene ring substituents is 1. The van der Waals surface area contributed by atoms with Crippen molar-refractivity contribution in [3.63, 3.8) is 0 Å². The van der Waals surface area contributed by atoms with Crippen molar-refractivity contribution in [2.75, 3.05) is 0 Å². The van der Waals surface area contributed by atoms with Crippen LogP contribution in [0.25, 0.3) is 10.9 Å². The van der Waals surface area contributed by atoms with Gasteiger partial charge in [0.1, 0.15) is 5.54 Å². The molecule has 156 valence electrons. The number of nitro groups is 1. The maximum absolute atomic E-state index is 11.7. The molecule has 5 nitrogen and oxygen atoms in total. The molecule has 32 heavy (non-hydrogen) atoms. The van der Waals surface area contributed by atoms with Gasteiger partial charge < -0.3 is 0 Å². The van der Waals surface area contributed by atoms with Crippen LogP contribution in [-0.2, 0) is 5.54 Å². The molecular weight excluding hydrogens is 398 g/mol. The molecule has 0 fully saturated rings. The molecule has 0 saturated heterocycles. The molecule has 4 aromatic carbocycles. The minimum absolute atomic E-state index is 0.0855. The van der Waals surface area contributed by atoms with Crippen molar-refractivity contribution in [3.05, 3.63) is 142 Å². The first-order chi connectivity index (χ1) is 15.6. The van der Waals surface area contributed by atoms with Gasteiger partial charge >= 0.3 is 0 Å². The van der Waals surface area contributed by atoms with Gasteiger partial charge in [-0.2, -0.15) is 5.10 Å². The number of hydrogen-bond donors (Lipinski definition) is 0. The summed E-state index contributed by atoms with van der Waals surface area (Å²) in [6.07, 6.45) is 1.79. The third-order valence-corrected chi connectivity index (χ3v) is 5.97. The molecule has 1 aromatic heterocycles. The van der Waals surface area contributed by atoms with E-state index < -0.39 is 5.54 Å². The average molecular weight is 419 g/mol. The molecular formula is C27H21N3O2. The lowest BCUT2D eigenvalue weighted by Gasteiger charge is -2.37. The van der Waals surface area contributed by atoms with E-state index in [1.807, 2.05) is 65.3 Å². The molecule has 0 amide bonds. The van der Waals surface area contributed by atoms with Gasteiger partial charge in [0, 0.05) is 17.0 Å². The lowest BCUT2D eigenvalue weighted by atomic mass is 9.77. The highest BCUT2D eigenvalue weighted by atomic mass is 16.6. The molecule has 0 aliphatic heterocycles. The summed E-state index contributed by atoms with van der Waals surface area (Å²) in [4.78, 5) is 11.4. The van der Waals surface area contributed by atoms with Gasteiger partial charge in [-0.3, -0.25) is 10.1 Å². The Hall–Kier alpha value is -4.25. The van der Waals surface area contributed by atoms with Crippen molar-refractivity contribution in [2.45, 2.75) is 12.5 Å². The highest BCUT2D eigenvalue weighted by Gasteiger charge is 2.40. The van der Waals surface area contributed by atoms with E-state index in [1.165, 1.54) is 0 Å². The Morgan fingerprint density at radius 2 is 1.25 bits per heavy atom. The summed E-state index contributed by atoms with van der Waals surface area (Å²) in [6, 6.07) is 34.0. The van der Waals surface area contributed by atoms with Gasteiger partial charge in [0.05, 0.1) is 16.6 Å². The van der Waals surface area contributed by atoms with Crippen LogP contribution in [0.4, 0.5) is 5.69 Å². The lowest BCUT2D eigenvalue weighted by molar-refractivity contribution is -0.385. The number of hydrogen-bond acceptors (Lipinski definition) is 3. The third-order valence-electron chi connectivity index (χ3n) is 5.97. The molecule has 5 heteroatoms. The highest BCUT2D eigenvalue weighted by Crippen LogP contribution is 2.42. The predicted octanol–water partition coefficient (Wildman–Crippen LogP) is 6.09. The third kappa shape index (κ3) is 2.98. The second-order valence-corrected chi connectivity index (χ2v) is 7.82. The van der Waals surface area contributed by atoms with E-state index in [0.29, 0.717) is 11.1 Å². The van der Waals surface area contributed by atoms with Crippen molar-refractivity contribution in [1.82, 2.24) is 9.78 Å². The first-order valence-corrected chi connectivity index (χ1v) is 10.4. The number of fused-ring (bicyclic) bond motifs is 1. The Morgan fingerprint density at radius 1 is 0.781 bits per heavy atom. The maximum Gasteiger partial charge on any atom is 0.274 e. The number of aryl methyl sites for hydroxylation is 1. The van der Waals surface area contributed by atoms with Gasteiger partial charge in [0.2, 0.25) is 0 Å². The Morgan fingerprint density at radius 3 is 1.69 bits per heavy atom. The minimum Gasteiger partial charge on any atom is -0.258 e. The smallest absolute Gasteiger partial charge is 0.258 e. The molecule has 5 rings (SSSR count). The summed E-state index contributed by atoms with van der Waals surface area (Å²) >= 11 is 0. The highest BCUT2D eigenvalue weighted by molar-refractivity contribution is 5.83. The molecule has 0 N–H and O–H groups in total. The van der Waals surface area contributed by atoms with Gasteiger partial charge in [-0.15, -0.1) is 0 Å². The van der Waals surface area contributed by atoms with E-state index in [1.54, 1.807) is 19.2 Å². The summed E-state index contributed by atoms with van der Waals surface area (Å²) in [5, 5.41) is 17.4. The van der Waals surface area contributed by atoms with E-state index in [9.17, 15) is 10.1 Å². The Kier molecular flexibility index (Phi) is 4.79. The number of rotatable bonds is 5. The number of nitrogens with zero attached hydrogens (tertiary/aromatic N) is 3. The van der Waals surface area contributed by atoms with Crippen LogP contribution >= 0.6 is 0 Å². The fourth-order valence-electron chi connectivity index (χ4n) is 4.55. The van der Waals surface area contributed by atoms with Gasteiger partial charge in [0.15, 0.2) is 0 Å². The van der Waals surface area contributed by atoms with E-state index in [4.69, 9.17) is 5.10 Å². The molecule has 0 bridgehead atoms. The van der Waals surface area contributed by atoms with Crippen LogP contribution in [0.3, 0.4) is 0 Å². The Balaban J connectivity index is 1.96. The second-order valence-electron chi connectivity index (χ2n) is 7.82. The van der Waals surface area contributed by atoms with E-state index in [0.717, 1.165) is 22.1 Å². The molecule has 0 atom stereocenters. The summed E-state index contributed by atoms with van der Waals surface area (Å²) in [7, 11) is 0. The zero-order valence-electron chi connectivity index (χ0n) is 17.6. The van der Waals surface area contributed by atoms with Crippen molar-refractivity contribution in [1.29, 1.82) is 0 Å². The molecule has 0 spiro atoms. The van der Waals surface area contributed by atoms with Crippen LogP contribution in [0.5, 0.6) is 0 Å². The van der Waals surface area contributed by atoms with Crippen LogP contribution in [0.15, 0.2) is 109 Å². The number of benzene rings is 4. The van der Waals surface area contributed by atoms with Gasteiger partial charge in [-0.25, -0.2) is 4.68 Å². The van der Waals surface area contributed by atoms with Crippen molar-refractivity contribution < 1.29 is 4.92 Å². The van der Waals surface area contributed by atoms with Gasteiger partial charge in [-0.1, -0.05) is 91.0 Å². The molecule has 0 unspecified atom stereocenters. The molecule has 0 aliphatic carbocycles.